The molecular formula is C28H22FN7O2S. The van der Waals surface area contributed by atoms with Gasteiger partial charge in [-0.05, 0) is 43.7 Å². The van der Waals surface area contributed by atoms with Gasteiger partial charge in [0, 0.05) is 51.8 Å². The van der Waals surface area contributed by atoms with Gasteiger partial charge in [0.2, 0.25) is 5.91 Å². The van der Waals surface area contributed by atoms with Gasteiger partial charge >= 0.3 is 0 Å². The molecule has 0 spiro atoms. The highest BCUT2D eigenvalue weighted by molar-refractivity contribution is 7.17. The van der Waals surface area contributed by atoms with Gasteiger partial charge in [0.25, 0.3) is 0 Å². The summed E-state index contributed by atoms with van der Waals surface area (Å²) in [5.41, 5.74) is 4.42. The molecule has 6 rings (SSSR count). The fraction of sp³-hybridized carbons (Fsp3) is 0.143. The molecule has 0 aliphatic heterocycles. The number of ketones is 1. The van der Waals surface area contributed by atoms with E-state index in [9.17, 15) is 9.59 Å². The van der Waals surface area contributed by atoms with Crippen molar-refractivity contribution < 1.29 is 14.0 Å². The van der Waals surface area contributed by atoms with Crippen LogP contribution in [-0.4, -0.2) is 41.8 Å². The number of pyridine rings is 2. The molecule has 11 heteroatoms. The minimum atomic E-state index is -0.455. The van der Waals surface area contributed by atoms with Crippen molar-refractivity contribution in [2.24, 2.45) is 0 Å². The Morgan fingerprint density at radius 1 is 1.10 bits per heavy atom. The van der Waals surface area contributed by atoms with Crippen LogP contribution in [0.1, 0.15) is 36.4 Å². The number of Topliss-reactive ketones (excluding diaryl/α,β-unsaturated/α-hetero) is 1. The number of carbonyl (C=O) groups excluding carboxylic acids is 2. The smallest absolute Gasteiger partial charge is 0.224 e. The SMILES string of the molecule is CCCC(=O)Nc1cncc(-c2cc3c(-c4nc5nccc(-c6ccc(C(C)=O)s6)c5[nH]4)n[nH]c3cc2F)c1. The molecule has 1 amide bonds. The molecule has 0 aliphatic carbocycles. The average Bonchev–Trinajstić information content (AvgIpc) is 3.66. The highest BCUT2D eigenvalue weighted by atomic mass is 32.1. The van der Waals surface area contributed by atoms with E-state index in [0.29, 0.717) is 61.7 Å². The molecule has 5 aromatic heterocycles. The van der Waals surface area contributed by atoms with Crippen LogP contribution < -0.4 is 5.32 Å². The van der Waals surface area contributed by atoms with Crippen LogP contribution in [0.5, 0.6) is 0 Å². The summed E-state index contributed by atoms with van der Waals surface area (Å²) in [7, 11) is 0. The van der Waals surface area contributed by atoms with E-state index >= 15 is 4.39 Å². The third-order valence-electron chi connectivity index (χ3n) is 6.30. The average molecular weight is 540 g/mol. The quantitative estimate of drug-likeness (QED) is 0.202. The Morgan fingerprint density at radius 3 is 2.77 bits per heavy atom. The summed E-state index contributed by atoms with van der Waals surface area (Å²) in [5.74, 6) is -0.0979. The van der Waals surface area contributed by atoms with Gasteiger partial charge in [-0.2, -0.15) is 5.10 Å². The Bertz CT molecular complexity index is 1890. The van der Waals surface area contributed by atoms with E-state index in [4.69, 9.17) is 0 Å². The van der Waals surface area contributed by atoms with Crippen molar-refractivity contribution in [1.29, 1.82) is 0 Å². The molecule has 0 aliphatic rings. The number of anilines is 1. The Hall–Kier alpha value is -4.77. The van der Waals surface area contributed by atoms with E-state index < -0.39 is 5.82 Å². The van der Waals surface area contributed by atoms with E-state index in [2.05, 4.69) is 35.5 Å². The van der Waals surface area contributed by atoms with Crippen molar-refractivity contribution in [3.63, 3.8) is 0 Å². The second kappa shape index (κ2) is 9.84. The second-order valence-corrected chi connectivity index (χ2v) is 10.2. The lowest BCUT2D eigenvalue weighted by molar-refractivity contribution is -0.116. The number of halogens is 1. The molecule has 0 unspecified atom stereocenters. The number of fused-ring (bicyclic) bond motifs is 2. The first-order valence-electron chi connectivity index (χ1n) is 12.3. The first-order valence-corrected chi connectivity index (χ1v) is 13.1. The summed E-state index contributed by atoms with van der Waals surface area (Å²) in [4.78, 5) is 42.0. The highest BCUT2D eigenvalue weighted by Gasteiger charge is 2.19. The highest BCUT2D eigenvalue weighted by Crippen LogP contribution is 2.36. The number of amides is 1. The van der Waals surface area contributed by atoms with Gasteiger partial charge in [0.15, 0.2) is 17.3 Å². The fourth-order valence-corrected chi connectivity index (χ4v) is 5.38. The standard InChI is InChI=1S/C28H22FN7O2S/c1-3-4-24(38)32-16-9-15(12-30-13-16)18-10-19-21(11-20(18)29)35-36-26(19)28-33-25-17(7-8-31-27(25)34-28)23-6-5-22(39-23)14(2)37/h5-13H,3-4H2,1-2H3,(H,32,38)(H,35,36)(H,31,33,34). The van der Waals surface area contributed by atoms with Crippen molar-refractivity contribution in [2.45, 2.75) is 26.7 Å². The lowest BCUT2D eigenvalue weighted by Crippen LogP contribution is -2.10. The van der Waals surface area contributed by atoms with Crippen LogP contribution in [0.3, 0.4) is 0 Å². The Balaban J connectivity index is 1.42. The van der Waals surface area contributed by atoms with Crippen LogP contribution in [0.2, 0.25) is 0 Å². The summed E-state index contributed by atoms with van der Waals surface area (Å²) in [6.45, 7) is 3.47. The summed E-state index contributed by atoms with van der Waals surface area (Å²) in [6, 6.07) is 10.3. The number of aromatic amines is 2. The molecule has 1 aromatic carbocycles. The van der Waals surface area contributed by atoms with Crippen molar-refractivity contribution in [2.75, 3.05) is 5.32 Å². The summed E-state index contributed by atoms with van der Waals surface area (Å²) >= 11 is 1.41. The third kappa shape index (κ3) is 4.57. The van der Waals surface area contributed by atoms with Gasteiger partial charge in [-0.3, -0.25) is 19.7 Å². The molecule has 9 nitrogen and oxygen atoms in total. The Morgan fingerprint density at radius 2 is 1.97 bits per heavy atom. The molecule has 39 heavy (non-hydrogen) atoms. The maximum atomic E-state index is 15.2. The summed E-state index contributed by atoms with van der Waals surface area (Å²) < 4.78 is 15.2. The number of benzene rings is 1. The zero-order valence-electron chi connectivity index (χ0n) is 21.0. The van der Waals surface area contributed by atoms with Crippen LogP contribution in [0, 0.1) is 5.82 Å². The van der Waals surface area contributed by atoms with Crippen molar-refractivity contribution >= 4 is 50.8 Å². The summed E-state index contributed by atoms with van der Waals surface area (Å²) in [6.07, 6.45) is 5.86. The van der Waals surface area contributed by atoms with Crippen LogP contribution in [0.4, 0.5) is 10.1 Å². The van der Waals surface area contributed by atoms with Crippen LogP contribution >= 0.6 is 11.3 Å². The Labute approximate surface area is 225 Å². The molecule has 5 heterocycles. The van der Waals surface area contributed by atoms with E-state index in [1.54, 1.807) is 31.5 Å². The third-order valence-corrected chi connectivity index (χ3v) is 7.51. The van der Waals surface area contributed by atoms with Crippen molar-refractivity contribution in [3.8, 4) is 33.1 Å². The predicted octanol–water partition coefficient (Wildman–Crippen LogP) is 6.37. The van der Waals surface area contributed by atoms with Gasteiger partial charge in [-0.25, -0.2) is 14.4 Å². The molecule has 0 radical (unpaired) electrons. The molecule has 194 valence electrons. The maximum Gasteiger partial charge on any atom is 0.224 e. The summed E-state index contributed by atoms with van der Waals surface area (Å²) in [5, 5.41) is 10.8. The molecule has 0 fully saturated rings. The number of imidazole rings is 1. The second-order valence-electron chi connectivity index (χ2n) is 9.07. The van der Waals surface area contributed by atoms with E-state index in [1.807, 2.05) is 25.1 Å². The molecule has 0 bridgehead atoms. The molecule has 0 atom stereocenters. The number of rotatable bonds is 7. The lowest BCUT2D eigenvalue weighted by Gasteiger charge is -2.08. The van der Waals surface area contributed by atoms with Crippen molar-refractivity contribution in [3.05, 3.63) is 65.7 Å². The minimum Gasteiger partial charge on any atom is -0.335 e. The Kier molecular flexibility index (Phi) is 6.20. The largest absolute Gasteiger partial charge is 0.335 e. The topological polar surface area (TPSA) is 129 Å². The number of nitrogens with zero attached hydrogens (tertiary/aromatic N) is 4. The van der Waals surface area contributed by atoms with Gasteiger partial charge in [-0.15, -0.1) is 11.3 Å². The number of hydrogen-bond acceptors (Lipinski definition) is 7. The van der Waals surface area contributed by atoms with Gasteiger partial charge in [0.05, 0.1) is 27.8 Å². The number of carbonyl (C=O) groups is 2. The fourth-order valence-electron chi connectivity index (χ4n) is 4.45. The van der Waals surface area contributed by atoms with Gasteiger partial charge in [-0.1, -0.05) is 6.92 Å². The van der Waals surface area contributed by atoms with Gasteiger partial charge in [0.1, 0.15) is 11.5 Å². The normalized spacial score (nSPS) is 11.4. The first kappa shape index (κ1) is 24.6. The molecular weight excluding hydrogens is 517 g/mol. The predicted molar refractivity (Wildman–Crippen MR) is 149 cm³/mol. The number of aromatic nitrogens is 6. The molecule has 3 N–H and O–H groups in total. The van der Waals surface area contributed by atoms with Crippen LogP contribution in [0.25, 0.3) is 55.2 Å². The first-order chi connectivity index (χ1) is 18.9. The molecule has 0 saturated carbocycles. The zero-order chi connectivity index (χ0) is 27.1. The zero-order valence-corrected chi connectivity index (χ0v) is 21.8. The van der Waals surface area contributed by atoms with E-state index in [1.165, 1.54) is 23.6 Å². The lowest BCUT2D eigenvalue weighted by atomic mass is 10.0. The van der Waals surface area contributed by atoms with Crippen molar-refractivity contribution in [1.82, 2.24) is 30.1 Å². The van der Waals surface area contributed by atoms with Gasteiger partial charge < -0.3 is 10.3 Å². The maximum absolute atomic E-state index is 15.2. The molecule has 0 saturated heterocycles. The number of thiophene rings is 1. The minimum absolute atomic E-state index is 0.0111. The monoisotopic (exact) mass is 539 g/mol. The van der Waals surface area contributed by atoms with E-state index in [-0.39, 0.29) is 11.7 Å². The van der Waals surface area contributed by atoms with Crippen LogP contribution in [-0.2, 0) is 4.79 Å². The van der Waals surface area contributed by atoms with Crippen LogP contribution in [0.15, 0.2) is 55.0 Å². The number of hydrogen-bond donors (Lipinski definition) is 3. The number of nitrogens with one attached hydrogen (secondary N) is 3. The molecule has 6 aromatic rings. The number of H-pyrrole nitrogens is 2. The van der Waals surface area contributed by atoms with E-state index in [0.717, 1.165) is 16.9 Å².